The van der Waals surface area contributed by atoms with Crippen LogP contribution in [0.4, 0.5) is 0 Å². The summed E-state index contributed by atoms with van der Waals surface area (Å²) in [5, 5.41) is 0. The molecule has 0 rings (SSSR count). The van der Waals surface area contributed by atoms with Crippen LogP contribution in [0.25, 0.3) is 0 Å². The first kappa shape index (κ1) is 76.5. The van der Waals surface area contributed by atoms with Crippen molar-refractivity contribution >= 4 is 0 Å². The molecule has 0 aromatic carbocycles. The predicted octanol–water partition coefficient (Wildman–Crippen LogP) is 9.29. The third-order valence-corrected chi connectivity index (χ3v) is 2.87. The summed E-state index contributed by atoms with van der Waals surface area (Å²) in [6.45, 7) is 17.0. The number of rotatable bonds is 12. The van der Waals surface area contributed by atoms with E-state index in [1.807, 2.05) is 20.8 Å². The van der Waals surface area contributed by atoms with Gasteiger partial charge in [0.05, 0.1) is 32.0 Å². The Kier molecular flexibility index (Phi) is 190. The van der Waals surface area contributed by atoms with E-state index >= 15 is 0 Å². The molecule has 6 nitrogen and oxygen atoms in total. The summed E-state index contributed by atoms with van der Waals surface area (Å²) in [5.41, 5.74) is 0. The van der Waals surface area contributed by atoms with Gasteiger partial charge < -0.3 is 28.4 Å². The molecule has 0 aromatic heterocycles. The quantitative estimate of drug-likeness (QED) is 0.243. The third-order valence-electron chi connectivity index (χ3n) is 2.87. The average molecular weight is 513 g/mol. The molecule has 0 spiro atoms. The van der Waals surface area contributed by atoms with Crippen LogP contribution in [0, 0.1) is 0 Å². The molecule has 228 valence electrons. The van der Waals surface area contributed by atoms with Crippen LogP contribution >= 0.6 is 0 Å². The van der Waals surface area contributed by atoms with Gasteiger partial charge in [0.1, 0.15) is 0 Å². The van der Waals surface area contributed by atoms with Gasteiger partial charge in [0.2, 0.25) is 0 Å². The summed E-state index contributed by atoms with van der Waals surface area (Å²) in [6.07, 6.45) is 2.93. The predicted molar refractivity (Wildman–Crippen MR) is 164 cm³/mol. The van der Waals surface area contributed by atoms with E-state index in [1.54, 1.807) is 28.4 Å². The summed E-state index contributed by atoms with van der Waals surface area (Å²) in [4.78, 5) is 0. The number of hydrogen-bond acceptors (Lipinski definition) is 6. The molecule has 0 heterocycles. The molecule has 0 saturated heterocycles. The maximum absolute atomic E-state index is 5.19. The summed E-state index contributed by atoms with van der Waals surface area (Å²) in [5.74, 6) is 0. The lowest BCUT2D eigenvalue weighted by molar-refractivity contribution is 0.0401. The smallest absolute Gasteiger partial charge is 0.0776 e. The second kappa shape index (κ2) is 84.6. The summed E-state index contributed by atoms with van der Waals surface area (Å²) < 4.78 is 29.1. The van der Waals surface area contributed by atoms with Gasteiger partial charge in [-0.1, -0.05) is 73.3 Å². The molecule has 0 bridgehead atoms. The lowest BCUT2D eigenvalue weighted by Gasteiger charge is -2.05. The van der Waals surface area contributed by atoms with Crippen LogP contribution in [0.2, 0.25) is 0 Å². The van der Waals surface area contributed by atoms with Crippen LogP contribution in [0.5, 0.6) is 0 Å². The lowest BCUT2D eigenvalue weighted by Crippen LogP contribution is -2.11. The zero-order valence-corrected chi connectivity index (χ0v) is 19.3. The number of methoxy groups -OCH3 is 4. The van der Waals surface area contributed by atoms with E-state index in [-0.39, 0.29) is 65.5 Å². The molecule has 0 aliphatic heterocycles. The van der Waals surface area contributed by atoms with Crippen molar-refractivity contribution in [1.29, 1.82) is 0 Å². The molecular weight excluding hydrogens is 432 g/mol. The number of hydrogen-bond donors (Lipinski definition) is 0. The molecule has 2 atom stereocenters. The second-order valence-corrected chi connectivity index (χ2v) is 5.36. The maximum Gasteiger partial charge on any atom is 0.0776 e. The van der Waals surface area contributed by atoms with Gasteiger partial charge in [-0.2, -0.15) is 0 Å². The van der Waals surface area contributed by atoms with Gasteiger partial charge in [-0.05, 0) is 40.5 Å². The fourth-order valence-electron chi connectivity index (χ4n) is 1.16. The van der Waals surface area contributed by atoms with Crippen molar-refractivity contribution in [3.8, 4) is 0 Å². The maximum atomic E-state index is 5.19. The van der Waals surface area contributed by atoms with Gasteiger partial charge in [-0.15, -0.1) is 0 Å². The minimum absolute atomic E-state index is 0. The number of ether oxygens (including phenoxy) is 6. The average Bonchev–Trinajstić information content (AvgIpc) is 2.66. The van der Waals surface area contributed by atoms with Crippen LogP contribution in [-0.2, 0) is 28.4 Å². The Labute approximate surface area is 222 Å². The second-order valence-electron chi connectivity index (χ2n) is 5.36. The highest BCUT2D eigenvalue weighted by atomic mass is 16.5. The molecule has 0 aliphatic carbocycles. The van der Waals surface area contributed by atoms with Crippen molar-refractivity contribution in [3.05, 3.63) is 0 Å². The van der Waals surface area contributed by atoms with Crippen LogP contribution in [0.1, 0.15) is 114 Å². The van der Waals surface area contributed by atoms with Gasteiger partial charge >= 0.3 is 0 Å². The monoisotopic (exact) mass is 513 g/mol. The highest BCUT2D eigenvalue weighted by Crippen LogP contribution is 1.93. The Balaban J connectivity index is -0.0000000176. The van der Waals surface area contributed by atoms with Crippen LogP contribution in [0.3, 0.4) is 0 Å². The topological polar surface area (TPSA) is 55.4 Å². The molecule has 0 N–H and O–H groups in total. The van der Waals surface area contributed by atoms with Crippen molar-refractivity contribution < 1.29 is 28.4 Å². The molecule has 0 amide bonds. The first-order chi connectivity index (χ1) is 12.4. The molecule has 0 aliphatic rings. The van der Waals surface area contributed by atoms with E-state index in [0.717, 1.165) is 32.7 Å². The van der Waals surface area contributed by atoms with Crippen LogP contribution in [-0.4, -0.2) is 80.3 Å². The Hall–Kier alpha value is -0.240. The zero-order chi connectivity index (χ0) is 21.1. The van der Waals surface area contributed by atoms with E-state index in [0.29, 0.717) is 25.9 Å². The first-order valence-electron chi connectivity index (χ1n) is 9.64. The molecule has 0 saturated carbocycles. The van der Waals surface area contributed by atoms with Crippen molar-refractivity contribution in [2.24, 2.45) is 0 Å². The molecule has 0 radical (unpaired) electrons. The molecule has 34 heavy (non-hydrogen) atoms. The fourth-order valence-corrected chi connectivity index (χ4v) is 1.16. The molecule has 2 unspecified atom stereocenters. The van der Waals surface area contributed by atoms with E-state index in [1.165, 1.54) is 0 Å². The van der Waals surface area contributed by atoms with Gasteiger partial charge in [-0.3, -0.25) is 0 Å². The van der Waals surface area contributed by atoms with Gasteiger partial charge in [0, 0.05) is 48.3 Å². The van der Waals surface area contributed by atoms with Crippen molar-refractivity contribution in [3.63, 3.8) is 0 Å². The van der Waals surface area contributed by atoms with Crippen LogP contribution < -0.4 is 0 Å². The van der Waals surface area contributed by atoms with Crippen molar-refractivity contribution in [2.45, 2.75) is 126 Å². The summed E-state index contributed by atoms with van der Waals surface area (Å²) in [6, 6.07) is 0. The summed E-state index contributed by atoms with van der Waals surface area (Å²) in [7, 11) is 6.64. The lowest BCUT2D eigenvalue weighted by atomic mass is 10.3. The zero-order valence-electron chi connectivity index (χ0n) is 19.3. The standard InChI is InChI=1S/C6H14O.C5H12O2.C5H12O.C4H10O2.8CH4/c1-4-6(3)7-5-2;1-5(7-3)4-6-2;1-3-5-6-4-2;1-5-3-4-6-2;;;;;;;;/h6H,4-5H2,1-3H3;5H,4H2,1-3H3;3-5H2,1-2H3;3-4H2,1-2H3;8*1H4. The third kappa shape index (κ3) is 121. The Morgan fingerprint density at radius 2 is 0.941 bits per heavy atom. The van der Waals surface area contributed by atoms with E-state index in [2.05, 4.69) is 30.2 Å². The Bertz CT molecular complexity index is 168. The summed E-state index contributed by atoms with van der Waals surface area (Å²) >= 11 is 0. The van der Waals surface area contributed by atoms with Crippen molar-refractivity contribution in [2.75, 3.05) is 68.1 Å². The van der Waals surface area contributed by atoms with Crippen molar-refractivity contribution in [1.82, 2.24) is 0 Å². The van der Waals surface area contributed by atoms with Gasteiger partial charge in [0.15, 0.2) is 0 Å². The van der Waals surface area contributed by atoms with E-state index < -0.39 is 0 Å². The minimum atomic E-state index is 0. The minimum Gasteiger partial charge on any atom is -0.382 e. The molecule has 6 heteroatoms. The highest BCUT2D eigenvalue weighted by Gasteiger charge is 1.93. The molecular formula is C28H80O6. The van der Waals surface area contributed by atoms with Crippen LogP contribution in [0.15, 0.2) is 0 Å². The Morgan fingerprint density at radius 1 is 0.529 bits per heavy atom. The molecule has 0 aromatic rings. The fraction of sp³-hybridized carbons (Fsp3) is 1.00. The molecule has 0 fully saturated rings. The normalized spacial score (nSPS) is 9.00. The van der Waals surface area contributed by atoms with Gasteiger partial charge in [-0.25, -0.2) is 0 Å². The van der Waals surface area contributed by atoms with E-state index in [4.69, 9.17) is 18.9 Å². The first-order valence-corrected chi connectivity index (χ1v) is 9.64. The largest absolute Gasteiger partial charge is 0.382 e. The SMILES string of the molecule is C.C.C.C.C.C.C.C.CCCOCC.CCOC(C)CC.COCC(C)OC.COCCOC. The van der Waals surface area contributed by atoms with Gasteiger partial charge in [0.25, 0.3) is 0 Å². The highest BCUT2D eigenvalue weighted by molar-refractivity contribution is 4.41. The van der Waals surface area contributed by atoms with E-state index in [9.17, 15) is 0 Å². The Morgan fingerprint density at radius 3 is 1.06 bits per heavy atom.